The highest BCUT2D eigenvalue weighted by Crippen LogP contribution is 2.63. The van der Waals surface area contributed by atoms with Crippen molar-refractivity contribution in [1.29, 1.82) is 0 Å². The minimum Gasteiger partial charge on any atom is -0.494 e. The molecule has 2 aromatic rings. The van der Waals surface area contributed by atoms with Crippen LogP contribution in [-0.4, -0.2) is 21.5 Å². The van der Waals surface area contributed by atoms with E-state index < -0.39 is 15.8 Å². The lowest BCUT2D eigenvalue weighted by Gasteiger charge is -2.13. The number of benzene rings is 2. The van der Waals surface area contributed by atoms with Crippen molar-refractivity contribution < 1.29 is 17.5 Å². The number of hydrogen-bond donors (Lipinski definition) is 0. The van der Waals surface area contributed by atoms with E-state index >= 15 is 0 Å². The van der Waals surface area contributed by atoms with Gasteiger partial charge in [0.1, 0.15) is 5.75 Å². The Bertz CT molecular complexity index is 1050. The van der Waals surface area contributed by atoms with E-state index in [0.29, 0.717) is 5.41 Å². The van der Waals surface area contributed by atoms with Gasteiger partial charge in [0.2, 0.25) is 9.84 Å². The molecule has 0 N–H and O–H groups in total. The number of methoxy groups -OCH3 is 1. The number of allylic oxidation sites excluding steroid dienone is 2. The van der Waals surface area contributed by atoms with E-state index in [0.717, 1.165) is 38.7 Å². The Morgan fingerprint density at radius 1 is 1.00 bits per heavy atom. The highest BCUT2D eigenvalue weighted by molar-refractivity contribution is 9.11. The highest BCUT2D eigenvalue weighted by Gasteiger charge is 2.48. The molecule has 0 radical (unpaired) electrons. The number of alkyl halides is 1. The Balaban J connectivity index is 1.79. The van der Waals surface area contributed by atoms with Crippen molar-refractivity contribution in [2.24, 2.45) is 5.41 Å². The van der Waals surface area contributed by atoms with Crippen molar-refractivity contribution in [3.8, 4) is 5.75 Å². The second-order valence-corrected chi connectivity index (χ2v) is 11.2. The fourth-order valence-electron chi connectivity index (χ4n) is 3.96. The van der Waals surface area contributed by atoms with Gasteiger partial charge in [-0.15, -0.1) is 0 Å². The monoisotopic (exact) mass is 528 g/mol. The molecule has 1 saturated carbocycles. The molecule has 2 aromatic carbocycles. The minimum absolute atomic E-state index is 0.0231. The van der Waals surface area contributed by atoms with Gasteiger partial charge in [0.25, 0.3) is 0 Å². The van der Waals surface area contributed by atoms with Gasteiger partial charge >= 0.3 is 0 Å². The predicted octanol–water partition coefficient (Wildman–Crippen LogP) is 6.41. The average molecular weight is 530 g/mol. The Morgan fingerprint density at radius 2 is 1.54 bits per heavy atom. The van der Waals surface area contributed by atoms with Crippen LogP contribution in [0.4, 0.5) is 4.39 Å². The third kappa shape index (κ3) is 3.57. The van der Waals surface area contributed by atoms with Gasteiger partial charge in [0.05, 0.1) is 21.0 Å². The van der Waals surface area contributed by atoms with Crippen LogP contribution < -0.4 is 4.74 Å². The zero-order valence-electron chi connectivity index (χ0n) is 15.3. The summed E-state index contributed by atoms with van der Waals surface area (Å²) < 4.78 is 43.5. The molecule has 0 atom stereocenters. The summed E-state index contributed by atoms with van der Waals surface area (Å²) in [6.07, 6.45) is 4.43. The van der Waals surface area contributed by atoms with Crippen molar-refractivity contribution >= 4 is 52.8 Å². The normalized spacial score (nSPS) is 18.0. The maximum Gasteiger partial charge on any atom is 0.207 e. The van der Waals surface area contributed by atoms with Crippen LogP contribution in [0.15, 0.2) is 50.2 Å². The summed E-state index contributed by atoms with van der Waals surface area (Å²) in [4.78, 5) is 0.0231. The average Bonchev–Trinajstić information content (AvgIpc) is 3.32. The fourth-order valence-corrected chi connectivity index (χ4v) is 6.15. The molecule has 0 bridgehead atoms. The van der Waals surface area contributed by atoms with E-state index in [1.807, 2.05) is 0 Å². The Kier molecular flexibility index (Phi) is 5.21. The standard InChI is InChI=1S/C21H19Br2FO3S/c1-27-20-18(22)8-14(9-19(20)23)17-11-21(6-7-21)10-16(17)13-2-4-15(5-3-13)28(25,26)12-24/h2-5,8-9H,6-7,10-12H2,1H3. The number of ether oxygens (including phenoxy) is 1. The maximum atomic E-state index is 12.8. The van der Waals surface area contributed by atoms with Gasteiger partial charge < -0.3 is 4.74 Å². The minimum atomic E-state index is -3.84. The van der Waals surface area contributed by atoms with Gasteiger partial charge in [-0.3, -0.25) is 0 Å². The smallest absolute Gasteiger partial charge is 0.207 e. The van der Waals surface area contributed by atoms with Gasteiger partial charge in [-0.2, -0.15) is 0 Å². The first-order valence-corrected chi connectivity index (χ1v) is 12.2. The summed E-state index contributed by atoms with van der Waals surface area (Å²) in [5.74, 6) is 0.755. The van der Waals surface area contributed by atoms with Crippen LogP contribution in [0.5, 0.6) is 5.75 Å². The van der Waals surface area contributed by atoms with Crippen molar-refractivity contribution in [3.05, 3.63) is 56.5 Å². The lowest BCUT2D eigenvalue weighted by molar-refractivity contribution is 0.409. The molecule has 0 aromatic heterocycles. The van der Waals surface area contributed by atoms with Crippen LogP contribution >= 0.6 is 31.9 Å². The van der Waals surface area contributed by atoms with Gasteiger partial charge in [-0.1, -0.05) is 12.1 Å². The van der Waals surface area contributed by atoms with Gasteiger partial charge in [0.15, 0.2) is 6.01 Å². The molecule has 0 amide bonds. The summed E-state index contributed by atoms with van der Waals surface area (Å²) in [7, 11) is -2.21. The largest absolute Gasteiger partial charge is 0.494 e. The number of sulfone groups is 1. The topological polar surface area (TPSA) is 43.4 Å². The van der Waals surface area contributed by atoms with Crippen molar-refractivity contribution in [2.75, 3.05) is 13.1 Å². The molecule has 2 aliphatic rings. The molecule has 0 aliphatic heterocycles. The van der Waals surface area contributed by atoms with Crippen LogP contribution in [0.25, 0.3) is 11.1 Å². The third-order valence-electron chi connectivity index (χ3n) is 5.68. The molecular weight excluding hydrogens is 511 g/mol. The molecule has 7 heteroatoms. The second kappa shape index (κ2) is 7.26. The van der Waals surface area contributed by atoms with Crippen LogP contribution in [0.3, 0.4) is 0 Å². The maximum absolute atomic E-state index is 12.8. The summed E-state index contributed by atoms with van der Waals surface area (Å²) >= 11 is 7.17. The van der Waals surface area contributed by atoms with Crippen molar-refractivity contribution in [1.82, 2.24) is 0 Å². The summed E-state index contributed by atoms with van der Waals surface area (Å²) in [5, 5.41) is 0. The molecular formula is C21H19Br2FO3S. The van der Waals surface area contributed by atoms with E-state index in [9.17, 15) is 12.8 Å². The zero-order valence-corrected chi connectivity index (χ0v) is 19.3. The van der Waals surface area contributed by atoms with Crippen molar-refractivity contribution in [3.63, 3.8) is 0 Å². The number of halogens is 3. The van der Waals surface area contributed by atoms with Crippen LogP contribution in [0.2, 0.25) is 0 Å². The molecule has 0 heterocycles. The lowest BCUT2D eigenvalue weighted by atomic mass is 9.97. The van der Waals surface area contributed by atoms with E-state index in [2.05, 4.69) is 44.0 Å². The predicted molar refractivity (Wildman–Crippen MR) is 116 cm³/mol. The molecule has 3 nitrogen and oxygen atoms in total. The highest BCUT2D eigenvalue weighted by atomic mass is 79.9. The SMILES string of the molecule is COc1c(Br)cc(C2=C(c3ccc(S(=O)(=O)CF)cc3)CC3(CC3)C2)cc1Br. The first-order valence-electron chi connectivity index (χ1n) is 8.93. The van der Waals surface area contributed by atoms with Crippen LogP contribution in [0.1, 0.15) is 36.8 Å². The molecule has 0 saturated heterocycles. The molecule has 2 aliphatic carbocycles. The van der Waals surface area contributed by atoms with Gasteiger partial charge in [-0.25, -0.2) is 12.8 Å². The Labute approximate surface area is 181 Å². The first-order chi connectivity index (χ1) is 13.3. The quantitative estimate of drug-likeness (QED) is 0.449. The molecule has 0 unspecified atom stereocenters. The second-order valence-electron chi connectivity index (χ2n) is 7.53. The number of hydrogen-bond acceptors (Lipinski definition) is 3. The summed E-state index contributed by atoms with van der Waals surface area (Å²) in [6, 6.07) is 9.38. The lowest BCUT2D eigenvalue weighted by Crippen LogP contribution is -2.02. The summed E-state index contributed by atoms with van der Waals surface area (Å²) in [6.45, 7) is 0. The van der Waals surface area contributed by atoms with E-state index in [1.165, 1.54) is 36.1 Å². The van der Waals surface area contributed by atoms with E-state index in [1.54, 1.807) is 19.2 Å². The summed E-state index contributed by atoms with van der Waals surface area (Å²) in [5.41, 5.74) is 4.99. The zero-order chi connectivity index (χ0) is 20.1. The Morgan fingerprint density at radius 3 is 2.00 bits per heavy atom. The molecule has 1 spiro atoms. The molecule has 1 fully saturated rings. The third-order valence-corrected chi connectivity index (χ3v) is 8.14. The Hall–Kier alpha value is -1.18. The first kappa shape index (κ1) is 20.1. The molecule has 4 rings (SSSR count). The van der Waals surface area contributed by atoms with Crippen LogP contribution in [0, 0.1) is 5.41 Å². The van der Waals surface area contributed by atoms with E-state index in [-0.39, 0.29) is 4.90 Å². The van der Waals surface area contributed by atoms with Crippen LogP contribution in [-0.2, 0) is 9.84 Å². The van der Waals surface area contributed by atoms with Gasteiger partial charge in [0, 0.05) is 0 Å². The van der Waals surface area contributed by atoms with E-state index in [4.69, 9.17) is 4.74 Å². The number of rotatable bonds is 5. The molecule has 148 valence electrons. The van der Waals surface area contributed by atoms with Crippen molar-refractivity contribution in [2.45, 2.75) is 30.6 Å². The fraction of sp³-hybridized carbons (Fsp3) is 0.333. The van der Waals surface area contributed by atoms with Gasteiger partial charge in [-0.05, 0) is 109 Å². The molecule has 28 heavy (non-hydrogen) atoms.